The van der Waals surface area contributed by atoms with Crippen LogP contribution in [0.3, 0.4) is 0 Å². The number of benzene rings is 3. The molecule has 37 heavy (non-hydrogen) atoms. The lowest BCUT2D eigenvalue weighted by Gasteiger charge is -2.16. The maximum atomic E-state index is 13.5. The number of carboxylic acid groups (broad SMARTS) is 1. The Balaban J connectivity index is 1.66. The van der Waals surface area contributed by atoms with Crippen molar-refractivity contribution in [2.75, 3.05) is 13.2 Å². The number of hydrogen-bond acceptors (Lipinski definition) is 6. The van der Waals surface area contributed by atoms with Gasteiger partial charge in [0.05, 0.1) is 29.3 Å². The number of thioether (sulfide) groups is 1. The first-order chi connectivity index (χ1) is 18.0. The minimum absolute atomic E-state index is 0.122. The Morgan fingerprint density at radius 2 is 1.84 bits per heavy atom. The molecule has 1 N–H and O–H groups in total. The molecule has 0 spiro atoms. The van der Waals surface area contributed by atoms with E-state index in [0.29, 0.717) is 28.2 Å². The summed E-state index contributed by atoms with van der Waals surface area (Å²) in [5.74, 6) is 2.30. The van der Waals surface area contributed by atoms with Gasteiger partial charge in [-0.05, 0) is 72.3 Å². The summed E-state index contributed by atoms with van der Waals surface area (Å²) >= 11 is 1.28. The third-order valence-electron chi connectivity index (χ3n) is 5.29. The quantitative estimate of drug-likeness (QED) is 0.297. The van der Waals surface area contributed by atoms with Gasteiger partial charge in [-0.15, -0.1) is 6.42 Å². The van der Waals surface area contributed by atoms with Crippen LogP contribution >= 0.6 is 11.8 Å². The number of ether oxygens (including phenoxy) is 2. The summed E-state index contributed by atoms with van der Waals surface area (Å²) < 4.78 is 11.3. The molecular formula is C29H24N2O5S. The van der Waals surface area contributed by atoms with Crippen LogP contribution < -0.4 is 9.47 Å². The number of carbonyl (C=O) groups excluding carboxylic acids is 1. The summed E-state index contributed by atoms with van der Waals surface area (Å²) in [5.41, 5.74) is 2.46. The second-order valence-electron chi connectivity index (χ2n) is 7.87. The molecule has 3 aromatic rings. The lowest BCUT2D eigenvalue weighted by Crippen LogP contribution is -2.28. The van der Waals surface area contributed by atoms with Gasteiger partial charge < -0.3 is 14.6 Å². The number of aliphatic imine (C=N–C) groups is 1. The third-order valence-corrected chi connectivity index (χ3v) is 6.29. The number of nitrogens with zero attached hydrogens (tertiary/aromatic N) is 2. The van der Waals surface area contributed by atoms with Gasteiger partial charge in [-0.2, -0.15) is 0 Å². The number of amides is 1. The third kappa shape index (κ3) is 6.40. The average molecular weight is 513 g/mol. The number of hydrogen-bond donors (Lipinski definition) is 1. The highest BCUT2D eigenvalue weighted by Crippen LogP contribution is 2.36. The minimum atomic E-state index is -1.00. The van der Waals surface area contributed by atoms with Gasteiger partial charge in [-0.3, -0.25) is 9.69 Å². The van der Waals surface area contributed by atoms with Crippen LogP contribution in [0.1, 0.15) is 28.4 Å². The molecular weight excluding hydrogens is 488 g/mol. The molecule has 1 aliphatic heterocycles. The van der Waals surface area contributed by atoms with Crippen LogP contribution in [0.15, 0.2) is 82.7 Å². The van der Waals surface area contributed by atoms with E-state index in [1.807, 2.05) is 43.3 Å². The van der Waals surface area contributed by atoms with E-state index in [4.69, 9.17) is 20.9 Å². The molecule has 0 atom stereocenters. The van der Waals surface area contributed by atoms with Gasteiger partial charge in [0.25, 0.3) is 5.91 Å². The van der Waals surface area contributed by atoms with Crippen LogP contribution in [-0.2, 0) is 11.3 Å². The highest BCUT2D eigenvalue weighted by molar-refractivity contribution is 8.18. The molecule has 8 heteroatoms. The highest BCUT2D eigenvalue weighted by atomic mass is 32.2. The summed E-state index contributed by atoms with van der Waals surface area (Å²) in [4.78, 5) is 31.5. The molecule has 0 aromatic heterocycles. The molecule has 0 saturated carbocycles. The zero-order chi connectivity index (χ0) is 26.2. The number of aromatic carboxylic acids is 1. The van der Waals surface area contributed by atoms with Gasteiger partial charge in [0.15, 0.2) is 16.7 Å². The molecule has 0 radical (unpaired) electrons. The maximum absolute atomic E-state index is 13.5. The second-order valence-corrected chi connectivity index (χ2v) is 8.88. The molecule has 7 nitrogen and oxygen atoms in total. The Morgan fingerprint density at radius 1 is 1.08 bits per heavy atom. The number of terminal acetylenes is 1. The van der Waals surface area contributed by atoms with Crippen molar-refractivity contribution in [1.82, 2.24) is 4.90 Å². The fraction of sp³-hybridized carbons (Fsp3) is 0.138. The number of carbonyl (C=O) groups is 2. The van der Waals surface area contributed by atoms with E-state index < -0.39 is 5.97 Å². The number of para-hydroxylation sites is 1. The van der Waals surface area contributed by atoms with Crippen molar-refractivity contribution in [2.24, 2.45) is 4.99 Å². The number of amidine groups is 1. The van der Waals surface area contributed by atoms with Crippen molar-refractivity contribution in [2.45, 2.75) is 13.5 Å². The van der Waals surface area contributed by atoms with Crippen molar-refractivity contribution in [3.63, 3.8) is 0 Å². The molecule has 1 saturated heterocycles. The van der Waals surface area contributed by atoms with Crippen molar-refractivity contribution >= 4 is 40.6 Å². The summed E-state index contributed by atoms with van der Waals surface area (Å²) in [7, 11) is 0. The van der Waals surface area contributed by atoms with Crippen molar-refractivity contribution in [3.8, 4) is 23.8 Å². The highest BCUT2D eigenvalue weighted by Gasteiger charge is 2.33. The van der Waals surface area contributed by atoms with Crippen LogP contribution in [0.25, 0.3) is 6.08 Å². The molecule has 186 valence electrons. The number of carboxylic acids is 1. The van der Waals surface area contributed by atoms with Gasteiger partial charge in [-0.25, -0.2) is 9.79 Å². The minimum Gasteiger partial charge on any atom is -0.490 e. The monoisotopic (exact) mass is 512 g/mol. The van der Waals surface area contributed by atoms with E-state index >= 15 is 0 Å². The molecule has 0 unspecified atom stereocenters. The maximum Gasteiger partial charge on any atom is 0.335 e. The Bertz CT molecular complexity index is 1390. The zero-order valence-electron chi connectivity index (χ0n) is 20.1. The fourth-order valence-corrected chi connectivity index (χ4v) is 4.55. The molecule has 0 aliphatic carbocycles. The zero-order valence-corrected chi connectivity index (χ0v) is 20.9. The second kappa shape index (κ2) is 12.0. The van der Waals surface area contributed by atoms with E-state index in [9.17, 15) is 14.7 Å². The molecule has 1 aliphatic rings. The molecule has 1 heterocycles. The van der Waals surface area contributed by atoms with Gasteiger partial charge in [-0.1, -0.05) is 42.3 Å². The van der Waals surface area contributed by atoms with E-state index in [2.05, 4.69) is 5.92 Å². The standard InChI is InChI=1S/C29H24N2O5S/c1-3-16-36-24-15-12-21(17-25(24)35-4-2)18-26-27(32)31(19-20-10-13-22(14-11-20)28(33)34)29(37-26)30-23-8-6-5-7-9-23/h1,5-15,17-18H,4,16,19H2,2H3,(H,33,34)/b26-18-,30-29?. The van der Waals surface area contributed by atoms with Crippen LogP contribution in [0.5, 0.6) is 11.5 Å². The van der Waals surface area contributed by atoms with E-state index in [-0.39, 0.29) is 24.6 Å². The van der Waals surface area contributed by atoms with Crippen LogP contribution in [0.4, 0.5) is 5.69 Å². The van der Waals surface area contributed by atoms with Gasteiger partial charge in [0, 0.05) is 0 Å². The molecule has 0 bridgehead atoms. The smallest absolute Gasteiger partial charge is 0.335 e. The largest absolute Gasteiger partial charge is 0.490 e. The first-order valence-electron chi connectivity index (χ1n) is 11.5. The van der Waals surface area contributed by atoms with Crippen molar-refractivity contribution in [3.05, 3.63) is 94.4 Å². The van der Waals surface area contributed by atoms with Crippen molar-refractivity contribution < 1.29 is 24.2 Å². The average Bonchev–Trinajstić information content (AvgIpc) is 3.18. The van der Waals surface area contributed by atoms with Crippen LogP contribution in [0, 0.1) is 12.3 Å². The topological polar surface area (TPSA) is 88.4 Å². The first kappa shape index (κ1) is 25.6. The van der Waals surface area contributed by atoms with E-state index in [1.165, 1.54) is 23.9 Å². The summed E-state index contributed by atoms with van der Waals surface area (Å²) in [6.45, 7) is 2.69. The first-order valence-corrected chi connectivity index (χ1v) is 12.3. The van der Waals surface area contributed by atoms with E-state index in [1.54, 1.807) is 35.2 Å². The molecule has 4 rings (SSSR count). The van der Waals surface area contributed by atoms with Gasteiger partial charge in [0.1, 0.15) is 6.61 Å². The fourth-order valence-electron chi connectivity index (χ4n) is 3.55. The molecule has 3 aromatic carbocycles. The lowest BCUT2D eigenvalue weighted by atomic mass is 10.1. The Hall–Kier alpha value is -4.48. The summed E-state index contributed by atoms with van der Waals surface area (Å²) in [5, 5.41) is 9.71. The summed E-state index contributed by atoms with van der Waals surface area (Å²) in [6.07, 6.45) is 7.09. The van der Waals surface area contributed by atoms with Gasteiger partial charge in [0.2, 0.25) is 0 Å². The molecule has 1 fully saturated rings. The Kier molecular flexibility index (Phi) is 8.29. The lowest BCUT2D eigenvalue weighted by molar-refractivity contribution is -0.122. The Labute approximate surface area is 219 Å². The Morgan fingerprint density at radius 3 is 2.51 bits per heavy atom. The van der Waals surface area contributed by atoms with Gasteiger partial charge >= 0.3 is 5.97 Å². The SMILES string of the molecule is C#CCOc1ccc(/C=C2\SC(=Nc3ccccc3)N(Cc3ccc(C(=O)O)cc3)C2=O)cc1OCC. The molecule has 1 amide bonds. The van der Waals surface area contributed by atoms with Crippen LogP contribution in [-0.4, -0.2) is 40.3 Å². The summed E-state index contributed by atoms with van der Waals surface area (Å²) in [6, 6.07) is 21.2. The van der Waals surface area contributed by atoms with Crippen molar-refractivity contribution in [1.29, 1.82) is 0 Å². The normalized spacial score (nSPS) is 15.1. The predicted octanol–water partition coefficient (Wildman–Crippen LogP) is 5.60. The predicted molar refractivity (Wildman–Crippen MR) is 145 cm³/mol. The van der Waals surface area contributed by atoms with Crippen LogP contribution in [0.2, 0.25) is 0 Å². The van der Waals surface area contributed by atoms with E-state index in [0.717, 1.165) is 16.8 Å². The number of rotatable bonds is 9.